The molecule has 4 nitrogen and oxygen atoms in total. The van der Waals surface area contributed by atoms with E-state index in [0.29, 0.717) is 0 Å². The summed E-state index contributed by atoms with van der Waals surface area (Å²) in [5.74, 6) is -1.17. The van der Waals surface area contributed by atoms with E-state index in [4.69, 9.17) is 11.6 Å². The number of carbonyl (C=O) groups is 1. The van der Waals surface area contributed by atoms with Crippen LogP contribution in [0.3, 0.4) is 0 Å². The SMILES string of the molecule is O=NCC(=O)Nc1cc(F)cc(Cl)c1. The van der Waals surface area contributed by atoms with E-state index in [2.05, 4.69) is 10.5 Å². The van der Waals surface area contributed by atoms with Gasteiger partial charge in [-0.25, -0.2) is 4.39 Å². The summed E-state index contributed by atoms with van der Waals surface area (Å²) < 4.78 is 12.7. The molecule has 6 heteroatoms. The molecule has 1 amide bonds. The van der Waals surface area contributed by atoms with Gasteiger partial charge in [-0.1, -0.05) is 16.8 Å². The van der Waals surface area contributed by atoms with E-state index in [1.165, 1.54) is 6.07 Å². The molecule has 0 radical (unpaired) electrons. The van der Waals surface area contributed by atoms with Gasteiger partial charge in [-0.3, -0.25) is 4.79 Å². The van der Waals surface area contributed by atoms with Crippen molar-refractivity contribution >= 4 is 23.2 Å². The average molecular weight is 217 g/mol. The number of hydrogen-bond donors (Lipinski definition) is 1. The summed E-state index contributed by atoms with van der Waals surface area (Å²) in [6.07, 6.45) is 0. The molecule has 0 bridgehead atoms. The first-order chi connectivity index (χ1) is 6.61. The largest absolute Gasteiger partial charge is 0.324 e. The van der Waals surface area contributed by atoms with E-state index in [9.17, 15) is 14.1 Å². The molecule has 1 rings (SSSR count). The maximum Gasteiger partial charge on any atom is 0.249 e. The number of nitrogens with zero attached hydrogens (tertiary/aromatic N) is 1. The van der Waals surface area contributed by atoms with Crippen molar-refractivity contribution in [3.05, 3.63) is 33.9 Å². The summed E-state index contributed by atoms with van der Waals surface area (Å²) >= 11 is 5.53. The highest BCUT2D eigenvalue weighted by atomic mass is 35.5. The van der Waals surface area contributed by atoms with Crippen molar-refractivity contribution in [2.75, 3.05) is 11.9 Å². The molecule has 0 saturated heterocycles. The molecule has 1 N–H and O–H groups in total. The minimum Gasteiger partial charge on any atom is -0.324 e. The van der Waals surface area contributed by atoms with Crippen molar-refractivity contribution < 1.29 is 9.18 Å². The zero-order valence-corrected chi connectivity index (χ0v) is 7.71. The van der Waals surface area contributed by atoms with Gasteiger partial charge in [-0.15, -0.1) is 0 Å². The fourth-order valence-corrected chi connectivity index (χ4v) is 1.11. The van der Waals surface area contributed by atoms with Gasteiger partial charge in [0.2, 0.25) is 5.91 Å². The smallest absolute Gasteiger partial charge is 0.249 e. The van der Waals surface area contributed by atoms with Crippen LogP contribution in [0.1, 0.15) is 0 Å². The number of rotatable bonds is 3. The Balaban J connectivity index is 2.76. The summed E-state index contributed by atoms with van der Waals surface area (Å²) in [5, 5.41) is 4.82. The molecule has 0 unspecified atom stereocenters. The number of anilines is 1. The summed E-state index contributed by atoms with van der Waals surface area (Å²) in [7, 11) is 0. The molecule has 0 fully saturated rings. The zero-order chi connectivity index (χ0) is 10.6. The van der Waals surface area contributed by atoms with E-state index in [-0.39, 0.29) is 10.7 Å². The number of nitrogens with one attached hydrogen (secondary N) is 1. The second-order valence-corrected chi connectivity index (χ2v) is 2.93. The van der Waals surface area contributed by atoms with Crippen molar-refractivity contribution in [1.82, 2.24) is 0 Å². The summed E-state index contributed by atoms with van der Waals surface area (Å²) in [5.41, 5.74) is 0.198. The first-order valence-corrected chi connectivity index (χ1v) is 4.04. The maximum atomic E-state index is 12.7. The molecule has 0 spiro atoms. The first-order valence-electron chi connectivity index (χ1n) is 3.67. The fraction of sp³-hybridized carbons (Fsp3) is 0.125. The van der Waals surface area contributed by atoms with Crippen LogP contribution in [0.2, 0.25) is 5.02 Å². The topological polar surface area (TPSA) is 58.5 Å². The summed E-state index contributed by atoms with van der Waals surface area (Å²) in [4.78, 5) is 20.6. The molecule has 0 heterocycles. The maximum absolute atomic E-state index is 12.7. The minimum atomic E-state index is -0.610. The Hall–Kier alpha value is -1.49. The molecule has 14 heavy (non-hydrogen) atoms. The van der Waals surface area contributed by atoms with Crippen molar-refractivity contribution in [1.29, 1.82) is 0 Å². The van der Waals surface area contributed by atoms with E-state index in [0.717, 1.165) is 12.1 Å². The Bertz CT molecular complexity index is 350. The minimum absolute atomic E-state index is 0.166. The lowest BCUT2D eigenvalue weighted by atomic mass is 10.3. The van der Waals surface area contributed by atoms with Crippen molar-refractivity contribution in [3.8, 4) is 0 Å². The molecular weight excluding hydrogens is 211 g/mol. The molecular formula is C8H6ClFN2O2. The molecule has 0 saturated carbocycles. The molecule has 1 aromatic carbocycles. The number of nitroso groups, excluding NO2 is 1. The van der Waals surface area contributed by atoms with Gasteiger partial charge < -0.3 is 5.32 Å². The lowest BCUT2D eigenvalue weighted by molar-refractivity contribution is -0.114. The molecule has 0 atom stereocenters. The molecule has 0 aromatic heterocycles. The van der Waals surface area contributed by atoms with Crippen LogP contribution in [0.25, 0.3) is 0 Å². The Morgan fingerprint density at radius 2 is 2.21 bits per heavy atom. The van der Waals surface area contributed by atoms with Gasteiger partial charge >= 0.3 is 0 Å². The van der Waals surface area contributed by atoms with Gasteiger partial charge in [0, 0.05) is 10.7 Å². The molecule has 0 aliphatic carbocycles. The van der Waals surface area contributed by atoms with E-state index in [1.807, 2.05) is 0 Å². The quantitative estimate of drug-likeness (QED) is 0.788. The van der Waals surface area contributed by atoms with Crippen LogP contribution in [0, 0.1) is 10.7 Å². The van der Waals surface area contributed by atoms with Crippen LogP contribution >= 0.6 is 11.6 Å². The van der Waals surface area contributed by atoms with Crippen molar-refractivity contribution in [3.63, 3.8) is 0 Å². The summed E-state index contributed by atoms with van der Waals surface area (Å²) in [6.45, 7) is -0.506. The van der Waals surface area contributed by atoms with Gasteiger partial charge in [0.15, 0.2) is 6.54 Å². The highest BCUT2D eigenvalue weighted by Crippen LogP contribution is 2.17. The second kappa shape index (κ2) is 4.66. The number of halogens is 2. The van der Waals surface area contributed by atoms with Gasteiger partial charge in [-0.2, -0.15) is 4.91 Å². The Kier molecular flexibility index (Phi) is 3.53. The zero-order valence-electron chi connectivity index (χ0n) is 6.96. The third-order valence-electron chi connectivity index (χ3n) is 1.35. The number of amides is 1. The van der Waals surface area contributed by atoms with Crippen LogP contribution < -0.4 is 5.32 Å². The van der Waals surface area contributed by atoms with Gasteiger partial charge in [0.05, 0.1) is 0 Å². The third kappa shape index (κ3) is 3.10. The fourth-order valence-electron chi connectivity index (χ4n) is 0.885. The Labute approximate surface area is 84.0 Å². The predicted molar refractivity (Wildman–Crippen MR) is 50.7 cm³/mol. The normalized spacial score (nSPS) is 9.57. The number of hydrogen-bond acceptors (Lipinski definition) is 3. The lowest BCUT2D eigenvalue weighted by Gasteiger charge is -2.02. The monoisotopic (exact) mass is 216 g/mol. The standard InChI is InChI=1S/C8H6ClFN2O2/c9-5-1-6(10)3-7(2-5)12-8(13)4-11-14/h1-3H,4H2,(H,12,13). The Morgan fingerprint density at radius 1 is 1.50 bits per heavy atom. The second-order valence-electron chi connectivity index (χ2n) is 2.49. The Morgan fingerprint density at radius 3 is 2.79 bits per heavy atom. The highest BCUT2D eigenvalue weighted by molar-refractivity contribution is 6.30. The van der Waals surface area contributed by atoms with E-state index in [1.54, 1.807) is 0 Å². The molecule has 74 valence electrons. The molecule has 0 aliphatic heterocycles. The van der Waals surface area contributed by atoms with Crippen LogP contribution in [0.5, 0.6) is 0 Å². The van der Waals surface area contributed by atoms with Crippen LogP contribution in [-0.4, -0.2) is 12.5 Å². The van der Waals surface area contributed by atoms with E-state index < -0.39 is 18.3 Å². The van der Waals surface area contributed by atoms with Crippen molar-refractivity contribution in [2.24, 2.45) is 5.18 Å². The first kappa shape index (κ1) is 10.6. The van der Waals surface area contributed by atoms with Gasteiger partial charge in [-0.05, 0) is 18.2 Å². The highest BCUT2D eigenvalue weighted by Gasteiger charge is 2.04. The van der Waals surface area contributed by atoms with E-state index >= 15 is 0 Å². The average Bonchev–Trinajstić information content (AvgIpc) is 2.01. The van der Waals surface area contributed by atoms with Crippen LogP contribution in [-0.2, 0) is 4.79 Å². The predicted octanol–water partition coefficient (Wildman–Crippen LogP) is 2.18. The van der Waals surface area contributed by atoms with Gasteiger partial charge in [0.25, 0.3) is 0 Å². The third-order valence-corrected chi connectivity index (χ3v) is 1.57. The van der Waals surface area contributed by atoms with Gasteiger partial charge in [0.1, 0.15) is 5.82 Å². The number of benzene rings is 1. The lowest BCUT2D eigenvalue weighted by Crippen LogP contribution is -2.14. The number of carbonyl (C=O) groups excluding carboxylic acids is 1. The molecule has 1 aromatic rings. The summed E-state index contributed by atoms with van der Waals surface area (Å²) in [6, 6.07) is 3.57. The van der Waals surface area contributed by atoms with Crippen molar-refractivity contribution in [2.45, 2.75) is 0 Å². The van der Waals surface area contributed by atoms with Crippen LogP contribution in [0.4, 0.5) is 10.1 Å². The molecule has 0 aliphatic rings. The van der Waals surface area contributed by atoms with Crippen LogP contribution in [0.15, 0.2) is 23.4 Å².